The summed E-state index contributed by atoms with van der Waals surface area (Å²) in [5, 5.41) is 7.74. The monoisotopic (exact) mass is 321 g/mol. The first-order chi connectivity index (χ1) is 10.2. The summed E-state index contributed by atoms with van der Waals surface area (Å²) >= 11 is 3.63. The SMILES string of the molecule is CN=C(NCC(C)c1cccs1)N(C)CCc1cccs1. The Morgan fingerprint density at radius 3 is 2.67 bits per heavy atom. The molecule has 0 fully saturated rings. The fraction of sp³-hybridized carbons (Fsp3) is 0.438. The summed E-state index contributed by atoms with van der Waals surface area (Å²) in [5.74, 6) is 1.47. The van der Waals surface area contributed by atoms with Crippen LogP contribution in [0.3, 0.4) is 0 Å². The lowest BCUT2D eigenvalue weighted by Gasteiger charge is -2.23. The quantitative estimate of drug-likeness (QED) is 0.649. The first kappa shape index (κ1) is 16.0. The highest BCUT2D eigenvalue weighted by Crippen LogP contribution is 2.19. The van der Waals surface area contributed by atoms with Crippen LogP contribution in [-0.4, -0.2) is 38.0 Å². The molecule has 21 heavy (non-hydrogen) atoms. The Morgan fingerprint density at radius 2 is 2.05 bits per heavy atom. The molecule has 0 spiro atoms. The molecule has 5 heteroatoms. The third-order valence-corrected chi connectivity index (χ3v) is 5.48. The van der Waals surface area contributed by atoms with Crippen LogP contribution < -0.4 is 5.32 Å². The summed E-state index contributed by atoms with van der Waals surface area (Å²) in [7, 11) is 3.94. The number of thiophene rings is 2. The van der Waals surface area contributed by atoms with E-state index in [1.54, 1.807) is 0 Å². The van der Waals surface area contributed by atoms with Crippen LogP contribution in [0.25, 0.3) is 0 Å². The average Bonchev–Trinajstić information content (AvgIpc) is 3.18. The largest absolute Gasteiger partial charge is 0.356 e. The summed E-state index contributed by atoms with van der Waals surface area (Å²) in [6, 6.07) is 8.60. The van der Waals surface area contributed by atoms with Crippen LogP contribution in [0.4, 0.5) is 0 Å². The van der Waals surface area contributed by atoms with Crippen molar-refractivity contribution >= 4 is 28.6 Å². The van der Waals surface area contributed by atoms with E-state index in [0.29, 0.717) is 5.92 Å². The van der Waals surface area contributed by atoms with Crippen molar-refractivity contribution in [1.82, 2.24) is 10.2 Å². The first-order valence-corrected chi connectivity index (χ1v) is 8.94. The molecule has 2 rings (SSSR count). The lowest BCUT2D eigenvalue weighted by atomic mass is 10.1. The van der Waals surface area contributed by atoms with Crippen molar-refractivity contribution in [2.75, 3.05) is 27.2 Å². The third-order valence-electron chi connectivity index (χ3n) is 3.44. The van der Waals surface area contributed by atoms with Crippen molar-refractivity contribution in [3.63, 3.8) is 0 Å². The van der Waals surface area contributed by atoms with E-state index in [-0.39, 0.29) is 0 Å². The highest BCUT2D eigenvalue weighted by Gasteiger charge is 2.10. The van der Waals surface area contributed by atoms with Crippen molar-refractivity contribution in [1.29, 1.82) is 0 Å². The normalized spacial score (nSPS) is 13.2. The Hall–Kier alpha value is -1.33. The maximum atomic E-state index is 4.38. The van der Waals surface area contributed by atoms with Gasteiger partial charge in [0.05, 0.1) is 0 Å². The van der Waals surface area contributed by atoms with E-state index in [4.69, 9.17) is 0 Å². The lowest BCUT2D eigenvalue weighted by molar-refractivity contribution is 0.483. The van der Waals surface area contributed by atoms with Gasteiger partial charge in [0.15, 0.2) is 5.96 Å². The third kappa shape index (κ3) is 4.86. The van der Waals surface area contributed by atoms with Crippen LogP contribution >= 0.6 is 22.7 Å². The second-order valence-electron chi connectivity index (χ2n) is 5.10. The van der Waals surface area contributed by atoms with E-state index in [2.05, 4.69) is 64.2 Å². The van der Waals surface area contributed by atoms with Gasteiger partial charge in [-0.25, -0.2) is 0 Å². The molecule has 3 nitrogen and oxygen atoms in total. The molecule has 0 saturated carbocycles. The van der Waals surface area contributed by atoms with Gasteiger partial charge in [0, 0.05) is 42.9 Å². The number of rotatable bonds is 6. The van der Waals surface area contributed by atoms with E-state index in [1.165, 1.54) is 9.75 Å². The fourth-order valence-corrected chi connectivity index (χ4v) is 3.63. The zero-order chi connectivity index (χ0) is 15.1. The molecule has 114 valence electrons. The van der Waals surface area contributed by atoms with Gasteiger partial charge in [-0.2, -0.15) is 0 Å². The second-order valence-corrected chi connectivity index (χ2v) is 7.11. The maximum absolute atomic E-state index is 4.38. The van der Waals surface area contributed by atoms with E-state index >= 15 is 0 Å². The predicted octanol–water partition coefficient (Wildman–Crippen LogP) is 3.66. The summed E-state index contributed by atoms with van der Waals surface area (Å²) < 4.78 is 0. The Labute approximate surface area is 135 Å². The lowest BCUT2D eigenvalue weighted by Crippen LogP contribution is -2.41. The minimum absolute atomic E-state index is 0.507. The molecule has 2 aromatic heterocycles. The number of nitrogens with one attached hydrogen (secondary N) is 1. The van der Waals surface area contributed by atoms with Crippen LogP contribution in [0.5, 0.6) is 0 Å². The minimum atomic E-state index is 0.507. The molecular formula is C16H23N3S2. The maximum Gasteiger partial charge on any atom is 0.193 e. The van der Waals surface area contributed by atoms with Gasteiger partial charge in [-0.05, 0) is 29.3 Å². The van der Waals surface area contributed by atoms with Crippen molar-refractivity contribution in [3.05, 3.63) is 44.8 Å². The van der Waals surface area contributed by atoms with Gasteiger partial charge in [0.2, 0.25) is 0 Å². The molecule has 0 aliphatic rings. The van der Waals surface area contributed by atoms with Crippen molar-refractivity contribution < 1.29 is 0 Å². The molecule has 0 saturated heterocycles. The van der Waals surface area contributed by atoms with Crippen molar-refractivity contribution in [2.45, 2.75) is 19.3 Å². The van der Waals surface area contributed by atoms with Gasteiger partial charge >= 0.3 is 0 Å². The van der Waals surface area contributed by atoms with Gasteiger partial charge in [-0.3, -0.25) is 4.99 Å². The van der Waals surface area contributed by atoms with Gasteiger partial charge in [0.25, 0.3) is 0 Å². The minimum Gasteiger partial charge on any atom is -0.356 e. The number of aliphatic imine (C=N–C) groups is 1. The van der Waals surface area contributed by atoms with Crippen molar-refractivity contribution in [3.8, 4) is 0 Å². The van der Waals surface area contributed by atoms with Gasteiger partial charge in [-0.15, -0.1) is 22.7 Å². The highest BCUT2D eigenvalue weighted by atomic mass is 32.1. The molecule has 0 aliphatic carbocycles. The molecule has 1 atom stereocenters. The van der Waals surface area contributed by atoms with Crippen LogP contribution in [0, 0.1) is 0 Å². The number of hydrogen-bond donors (Lipinski definition) is 1. The molecule has 0 aliphatic heterocycles. The fourth-order valence-electron chi connectivity index (χ4n) is 2.14. The number of guanidine groups is 1. The van der Waals surface area contributed by atoms with E-state index in [1.807, 2.05) is 29.7 Å². The summed E-state index contributed by atoms with van der Waals surface area (Å²) in [5.41, 5.74) is 0. The molecule has 0 bridgehead atoms. The molecule has 0 amide bonds. The Bertz CT molecular complexity index is 532. The summed E-state index contributed by atoms with van der Waals surface area (Å²) in [6.45, 7) is 4.14. The number of hydrogen-bond acceptors (Lipinski definition) is 3. The molecule has 0 aromatic carbocycles. The van der Waals surface area contributed by atoms with E-state index in [9.17, 15) is 0 Å². The summed E-state index contributed by atoms with van der Waals surface area (Å²) in [4.78, 5) is 9.41. The van der Waals surface area contributed by atoms with Gasteiger partial charge in [-0.1, -0.05) is 19.1 Å². The molecule has 1 unspecified atom stereocenters. The van der Waals surface area contributed by atoms with Crippen LogP contribution in [-0.2, 0) is 6.42 Å². The average molecular weight is 322 g/mol. The zero-order valence-electron chi connectivity index (χ0n) is 12.9. The molecule has 0 radical (unpaired) electrons. The van der Waals surface area contributed by atoms with Gasteiger partial charge in [0.1, 0.15) is 0 Å². The Kier molecular flexibility index (Phi) is 6.26. The number of likely N-dealkylation sites (N-methyl/N-ethyl adjacent to an activating group) is 1. The highest BCUT2D eigenvalue weighted by molar-refractivity contribution is 7.10. The molecule has 1 N–H and O–H groups in total. The summed E-state index contributed by atoms with van der Waals surface area (Å²) in [6.07, 6.45) is 1.06. The second kappa shape index (κ2) is 8.20. The predicted molar refractivity (Wildman–Crippen MR) is 94.7 cm³/mol. The van der Waals surface area contributed by atoms with Crippen LogP contribution in [0.1, 0.15) is 22.6 Å². The molecule has 2 heterocycles. The first-order valence-electron chi connectivity index (χ1n) is 7.18. The standard InChI is InChI=1S/C16H23N3S2/c1-13(15-7-5-11-21-15)12-18-16(17-2)19(3)9-8-14-6-4-10-20-14/h4-7,10-11,13H,8-9,12H2,1-3H3,(H,17,18). The Morgan fingerprint density at radius 1 is 1.29 bits per heavy atom. The Balaban J connectivity index is 1.79. The molecular weight excluding hydrogens is 298 g/mol. The van der Waals surface area contributed by atoms with Crippen LogP contribution in [0.15, 0.2) is 40.0 Å². The van der Waals surface area contributed by atoms with E-state index < -0.39 is 0 Å². The topological polar surface area (TPSA) is 27.6 Å². The smallest absolute Gasteiger partial charge is 0.193 e. The van der Waals surface area contributed by atoms with E-state index in [0.717, 1.165) is 25.5 Å². The molecule has 2 aromatic rings. The van der Waals surface area contributed by atoms with Gasteiger partial charge < -0.3 is 10.2 Å². The van der Waals surface area contributed by atoms with Crippen molar-refractivity contribution in [2.24, 2.45) is 4.99 Å². The van der Waals surface area contributed by atoms with Crippen LogP contribution in [0.2, 0.25) is 0 Å². The number of nitrogens with zero attached hydrogens (tertiary/aromatic N) is 2. The zero-order valence-corrected chi connectivity index (χ0v) is 14.5.